The van der Waals surface area contributed by atoms with E-state index in [1.54, 1.807) is 20.9 Å². The van der Waals surface area contributed by atoms with Crippen molar-refractivity contribution in [3.05, 3.63) is 27.5 Å². The van der Waals surface area contributed by atoms with Gasteiger partial charge in [0, 0.05) is 14.0 Å². The third-order valence-corrected chi connectivity index (χ3v) is 2.45. The summed E-state index contributed by atoms with van der Waals surface area (Å²) in [5.41, 5.74) is 0.0883. The van der Waals surface area contributed by atoms with Gasteiger partial charge in [0.15, 0.2) is 5.82 Å². The molecule has 106 valence electrons. The predicted octanol–water partition coefficient (Wildman–Crippen LogP) is 1.04. The van der Waals surface area contributed by atoms with E-state index in [1.165, 1.54) is 0 Å². The largest absolute Gasteiger partial charge is 0.357 e. The zero-order valence-corrected chi connectivity index (χ0v) is 11.2. The van der Waals surface area contributed by atoms with Gasteiger partial charge in [-0.1, -0.05) is 5.16 Å². The highest BCUT2D eigenvalue weighted by molar-refractivity contribution is 5.60. The van der Waals surface area contributed by atoms with Crippen LogP contribution < -0.4 is 10.6 Å². The lowest BCUT2D eigenvalue weighted by molar-refractivity contribution is -0.385. The average Bonchev–Trinajstić information content (AvgIpc) is 2.81. The van der Waals surface area contributed by atoms with Crippen LogP contribution in [-0.4, -0.2) is 32.1 Å². The maximum Gasteiger partial charge on any atom is 0.332 e. The monoisotopic (exact) mass is 279 g/mol. The van der Waals surface area contributed by atoms with E-state index < -0.39 is 4.92 Å². The van der Waals surface area contributed by atoms with Crippen molar-refractivity contribution in [3.8, 4) is 0 Å². The lowest BCUT2D eigenvalue weighted by atomic mass is 10.3. The lowest BCUT2D eigenvalue weighted by Crippen LogP contribution is -2.10. The molecule has 0 saturated carbocycles. The Morgan fingerprint density at radius 3 is 2.60 bits per heavy atom. The number of aryl methyl sites for hydroxylation is 2. The van der Waals surface area contributed by atoms with E-state index in [0.717, 1.165) is 0 Å². The van der Waals surface area contributed by atoms with Gasteiger partial charge in [0.1, 0.15) is 5.69 Å². The van der Waals surface area contributed by atoms with Crippen LogP contribution in [0.1, 0.15) is 17.4 Å². The molecule has 10 nitrogen and oxygen atoms in total. The van der Waals surface area contributed by atoms with Gasteiger partial charge in [-0.15, -0.1) is 0 Å². The van der Waals surface area contributed by atoms with Gasteiger partial charge in [-0.3, -0.25) is 10.1 Å². The van der Waals surface area contributed by atoms with E-state index in [-0.39, 0.29) is 23.7 Å². The van der Waals surface area contributed by atoms with E-state index in [4.69, 9.17) is 4.52 Å². The Labute approximate surface area is 113 Å². The molecule has 0 aromatic carbocycles. The Balaban J connectivity index is 2.28. The van der Waals surface area contributed by atoms with Crippen molar-refractivity contribution >= 4 is 17.5 Å². The van der Waals surface area contributed by atoms with E-state index in [0.29, 0.717) is 17.7 Å². The minimum Gasteiger partial charge on any atom is -0.357 e. The maximum absolute atomic E-state index is 11.1. The molecular formula is C10H13N7O3. The molecule has 10 heteroatoms. The van der Waals surface area contributed by atoms with E-state index in [9.17, 15) is 10.1 Å². The molecule has 20 heavy (non-hydrogen) atoms. The van der Waals surface area contributed by atoms with Crippen molar-refractivity contribution in [2.45, 2.75) is 20.4 Å². The Hall–Kier alpha value is -2.78. The number of anilines is 2. The summed E-state index contributed by atoms with van der Waals surface area (Å²) in [5.74, 6) is 1.21. The fraction of sp³-hybridized carbons (Fsp3) is 0.400. The zero-order valence-electron chi connectivity index (χ0n) is 11.2. The first kappa shape index (κ1) is 13.6. The summed E-state index contributed by atoms with van der Waals surface area (Å²) < 4.78 is 4.82. The summed E-state index contributed by atoms with van der Waals surface area (Å²) in [4.78, 5) is 22.6. The summed E-state index contributed by atoms with van der Waals surface area (Å²) in [5, 5.41) is 20.3. The summed E-state index contributed by atoms with van der Waals surface area (Å²) in [7, 11) is 1.63. The zero-order chi connectivity index (χ0) is 14.7. The van der Waals surface area contributed by atoms with Gasteiger partial charge in [0.05, 0.1) is 11.5 Å². The number of hydrogen-bond donors (Lipinski definition) is 2. The molecule has 0 bridgehead atoms. The van der Waals surface area contributed by atoms with Crippen molar-refractivity contribution in [2.24, 2.45) is 0 Å². The molecule has 0 radical (unpaired) electrons. The normalized spacial score (nSPS) is 10.3. The van der Waals surface area contributed by atoms with E-state index >= 15 is 0 Å². The quantitative estimate of drug-likeness (QED) is 0.608. The molecule has 0 saturated heterocycles. The highest BCUT2D eigenvalue weighted by Crippen LogP contribution is 2.26. The van der Waals surface area contributed by atoms with Crippen LogP contribution in [0, 0.1) is 24.0 Å². The lowest BCUT2D eigenvalue weighted by Gasteiger charge is -2.07. The number of nitrogens with one attached hydrogen (secondary N) is 2. The third kappa shape index (κ3) is 2.79. The minimum atomic E-state index is -0.529. The minimum absolute atomic E-state index is 0.106. The van der Waals surface area contributed by atoms with Gasteiger partial charge in [0.25, 0.3) is 0 Å². The molecule has 0 unspecified atom stereocenters. The molecule has 0 aliphatic carbocycles. The third-order valence-electron chi connectivity index (χ3n) is 2.45. The molecule has 2 heterocycles. The highest BCUT2D eigenvalue weighted by atomic mass is 16.6. The van der Waals surface area contributed by atoms with Gasteiger partial charge < -0.3 is 15.2 Å². The summed E-state index contributed by atoms with van der Waals surface area (Å²) >= 11 is 0. The molecule has 2 aromatic heterocycles. The van der Waals surface area contributed by atoms with Gasteiger partial charge in [-0.05, 0) is 6.92 Å². The SMILES string of the molecule is CNc1nc(C)c([N+](=O)[O-])c(NCc2noc(C)n2)n1. The highest BCUT2D eigenvalue weighted by Gasteiger charge is 2.22. The molecule has 0 spiro atoms. The van der Waals surface area contributed by atoms with Gasteiger partial charge >= 0.3 is 5.69 Å². The molecule has 0 amide bonds. The Kier molecular flexibility index (Phi) is 3.73. The first-order chi connectivity index (χ1) is 9.51. The second-order valence-corrected chi connectivity index (χ2v) is 3.92. The van der Waals surface area contributed by atoms with Gasteiger partial charge in [-0.2, -0.15) is 9.97 Å². The number of hydrogen-bond acceptors (Lipinski definition) is 9. The molecular weight excluding hydrogens is 266 g/mol. The van der Waals surface area contributed by atoms with Crippen molar-refractivity contribution in [1.82, 2.24) is 20.1 Å². The number of aromatic nitrogens is 4. The second kappa shape index (κ2) is 5.47. The van der Waals surface area contributed by atoms with Crippen LogP contribution in [0.4, 0.5) is 17.5 Å². The Bertz CT molecular complexity index is 640. The molecule has 2 rings (SSSR count). The van der Waals surface area contributed by atoms with Crippen LogP contribution in [0.25, 0.3) is 0 Å². The van der Waals surface area contributed by atoms with Crippen LogP contribution in [-0.2, 0) is 6.54 Å². The summed E-state index contributed by atoms with van der Waals surface area (Å²) in [6.45, 7) is 3.37. The summed E-state index contributed by atoms with van der Waals surface area (Å²) in [6, 6.07) is 0. The number of rotatable bonds is 5. The number of nitro groups is 1. The molecule has 2 N–H and O–H groups in total. The first-order valence-electron chi connectivity index (χ1n) is 5.75. The van der Waals surface area contributed by atoms with Gasteiger partial charge in [-0.25, -0.2) is 4.98 Å². The van der Waals surface area contributed by atoms with Crippen molar-refractivity contribution in [3.63, 3.8) is 0 Å². The van der Waals surface area contributed by atoms with Crippen molar-refractivity contribution in [2.75, 3.05) is 17.7 Å². The Morgan fingerprint density at radius 1 is 1.30 bits per heavy atom. The van der Waals surface area contributed by atoms with Crippen LogP contribution in [0.3, 0.4) is 0 Å². The van der Waals surface area contributed by atoms with E-state index in [1.807, 2.05) is 0 Å². The van der Waals surface area contributed by atoms with Crippen LogP contribution in [0.15, 0.2) is 4.52 Å². The molecule has 0 atom stereocenters. The number of nitrogens with zero attached hydrogens (tertiary/aromatic N) is 5. The van der Waals surface area contributed by atoms with Gasteiger partial charge in [0.2, 0.25) is 17.7 Å². The smallest absolute Gasteiger partial charge is 0.332 e. The molecule has 2 aromatic rings. The predicted molar refractivity (Wildman–Crippen MR) is 69.3 cm³/mol. The standard InChI is InChI=1S/C10H13N7O3/c1-5-8(17(18)19)9(15-10(11-3)13-5)12-4-7-14-6(2)20-16-7/h4H2,1-3H3,(H2,11,12,13,15). The van der Waals surface area contributed by atoms with Crippen LogP contribution >= 0.6 is 0 Å². The molecule has 0 fully saturated rings. The Morgan fingerprint density at radius 2 is 2.05 bits per heavy atom. The fourth-order valence-electron chi connectivity index (χ4n) is 1.60. The van der Waals surface area contributed by atoms with Crippen LogP contribution in [0.2, 0.25) is 0 Å². The van der Waals surface area contributed by atoms with Crippen molar-refractivity contribution in [1.29, 1.82) is 0 Å². The summed E-state index contributed by atoms with van der Waals surface area (Å²) in [6.07, 6.45) is 0. The molecule has 0 aliphatic heterocycles. The fourth-order valence-corrected chi connectivity index (χ4v) is 1.60. The maximum atomic E-state index is 11.1. The molecule has 0 aliphatic rings. The second-order valence-electron chi connectivity index (χ2n) is 3.92. The van der Waals surface area contributed by atoms with E-state index in [2.05, 4.69) is 30.7 Å². The first-order valence-corrected chi connectivity index (χ1v) is 5.75. The van der Waals surface area contributed by atoms with Crippen molar-refractivity contribution < 1.29 is 9.45 Å². The average molecular weight is 279 g/mol. The van der Waals surface area contributed by atoms with Crippen LogP contribution in [0.5, 0.6) is 0 Å². The topological polar surface area (TPSA) is 132 Å².